The summed E-state index contributed by atoms with van der Waals surface area (Å²) in [7, 11) is 2.15. The largest absolute Gasteiger partial charge is 0.367 e. The first kappa shape index (κ1) is 20.5. The van der Waals surface area contributed by atoms with Crippen LogP contribution in [0, 0.1) is 0 Å². The molecule has 30 heavy (non-hydrogen) atoms. The third kappa shape index (κ3) is 5.04. The third-order valence-corrected chi connectivity index (χ3v) is 6.61. The van der Waals surface area contributed by atoms with Gasteiger partial charge < -0.3 is 15.1 Å². The molecule has 0 spiro atoms. The number of nitrogens with one attached hydrogen (secondary N) is 1. The van der Waals surface area contributed by atoms with Crippen molar-refractivity contribution < 1.29 is 4.79 Å². The highest BCUT2D eigenvalue weighted by Crippen LogP contribution is 2.37. The number of rotatable bonds is 6. The molecule has 3 aromatic rings. The fraction of sp³-hybridized carbons (Fsp3) is 0.240. The molecule has 1 fully saturated rings. The van der Waals surface area contributed by atoms with E-state index in [1.807, 2.05) is 78.9 Å². The minimum Gasteiger partial charge on any atom is -0.367 e. The third-order valence-electron chi connectivity index (χ3n) is 5.34. The monoisotopic (exact) mass is 417 g/mol. The van der Waals surface area contributed by atoms with E-state index < -0.39 is 0 Å². The van der Waals surface area contributed by atoms with Crippen molar-refractivity contribution in [2.24, 2.45) is 0 Å². The highest BCUT2D eigenvalue weighted by atomic mass is 32.2. The van der Waals surface area contributed by atoms with E-state index in [-0.39, 0.29) is 11.2 Å². The molecule has 4 nitrogen and oxygen atoms in total. The molecule has 1 atom stereocenters. The molecule has 0 radical (unpaired) electrons. The van der Waals surface area contributed by atoms with Gasteiger partial charge in [-0.25, -0.2) is 0 Å². The average Bonchev–Trinajstić information content (AvgIpc) is 2.80. The Bertz CT molecular complexity index is 956. The van der Waals surface area contributed by atoms with E-state index in [1.54, 1.807) is 11.8 Å². The summed E-state index contributed by atoms with van der Waals surface area (Å²) < 4.78 is 0. The average molecular weight is 418 g/mol. The van der Waals surface area contributed by atoms with Crippen LogP contribution in [0.4, 0.5) is 11.4 Å². The van der Waals surface area contributed by atoms with Gasteiger partial charge in [0.15, 0.2) is 0 Å². The number of para-hydroxylation sites is 2. The summed E-state index contributed by atoms with van der Waals surface area (Å²) in [5.41, 5.74) is 2.97. The number of anilines is 2. The molecule has 1 aliphatic rings. The predicted molar refractivity (Wildman–Crippen MR) is 126 cm³/mol. The lowest BCUT2D eigenvalue weighted by molar-refractivity contribution is -0.115. The maximum absolute atomic E-state index is 13.4. The molecular formula is C25H27N3OS. The van der Waals surface area contributed by atoms with E-state index in [4.69, 9.17) is 0 Å². The van der Waals surface area contributed by atoms with Crippen LogP contribution in [0.5, 0.6) is 0 Å². The molecule has 0 unspecified atom stereocenters. The van der Waals surface area contributed by atoms with Gasteiger partial charge in [0.2, 0.25) is 5.91 Å². The second-order valence-electron chi connectivity index (χ2n) is 7.52. The van der Waals surface area contributed by atoms with Gasteiger partial charge >= 0.3 is 0 Å². The molecule has 0 bridgehead atoms. The van der Waals surface area contributed by atoms with Crippen molar-refractivity contribution in [3.05, 3.63) is 90.5 Å². The number of amides is 1. The van der Waals surface area contributed by atoms with Gasteiger partial charge in [-0.05, 0) is 36.9 Å². The van der Waals surface area contributed by atoms with Crippen molar-refractivity contribution in [3.8, 4) is 0 Å². The lowest BCUT2D eigenvalue weighted by Gasteiger charge is -2.35. The van der Waals surface area contributed by atoms with Gasteiger partial charge in [-0.15, -0.1) is 11.8 Å². The maximum atomic E-state index is 13.4. The van der Waals surface area contributed by atoms with Crippen LogP contribution in [0.2, 0.25) is 0 Å². The Labute approximate surface area is 182 Å². The molecule has 5 heteroatoms. The van der Waals surface area contributed by atoms with E-state index in [1.165, 1.54) is 0 Å². The molecule has 0 aliphatic carbocycles. The maximum Gasteiger partial charge on any atom is 0.242 e. The first-order valence-electron chi connectivity index (χ1n) is 10.3. The number of thioether (sulfide) groups is 1. The van der Waals surface area contributed by atoms with Crippen LogP contribution in [0.3, 0.4) is 0 Å². The molecule has 0 aromatic heterocycles. The Hall–Kier alpha value is -2.76. The van der Waals surface area contributed by atoms with Gasteiger partial charge in [0.05, 0.1) is 11.4 Å². The van der Waals surface area contributed by atoms with E-state index in [0.717, 1.165) is 48.0 Å². The Morgan fingerprint density at radius 1 is 0.833 bits per heavy atom. The summed E-state index contributed by atoms with van der Waals surface area (Å²) in [6, 6.07) is 28.2. The topological polar surface area (TPSA) is 35.6 Å². The lowest BCUT2D eigenvalue weighted by atomic mass is 10.1. The van der Waals surface area contributed by atoms with Gasteiger partial charge in [0, 0.05) is 31.1 Å². The highest BCUT2D eigenvalue weighted by Gasteiger charge is 2.24. The van der Waals surface area contributed by atoms with Gasteiger partial charge in [0.1, 0.15) is 5.25 Å². The second-order valence-corrected chi connectivity index (χ2v) is 8.70. The fourth-order valence-corrected chi connectivity index (χ4v) is 4.68. The summed E-state index contributed by atoms with van der Waals surface area (Å²) in [4.78, 5) is 19.2. The lowest BCUT2D eigenvalue weighted by Crippen LogP contribution is -2.44. The van der Waals surface area contributed by atoms with E-state index in [0.29, 0.717) is 0 Å². The van der Waals surface area contributed by atoms with Crippen LogP contribution in [0.25, 0.3) is 0 Å². The Kier molecular flexibility index (Phi) is 6.72. The van der Waals surface area contributed by atoms with Crippen molar-refractivity contribution in [1.29, 1.82) is 0 Å². The molecule has 3 aromatic carbocycles. The van der Waals surface area contributed by atoms with E-state index in [2.05, 4.69) is 28.2 Å². The summed E-state index contributed by atoms with van der Waals surface area (Å²) in [5, 5.41) is 2.90. The van der Waals surface area contributed by atoms with E-state index in [9.17, 15) is 4.79 Å². The Morgan fingerprint density at radius 3 is 2.13 bits per heavy atom. The van der Waals surface area contributed by atoms with Crippen molar-refractivity contribution in [3.63, 3.8) is 0 Å². The number of nitrogens with zero attached hydrogens (tertiary/aromatic N) is 2. The first-order chi connectivity index (χ1) is 14.7. The molecule has 1 saturated heterocycles. The van der Waals surface area contributed by atoms with Crippen LogP contribution in [0.15, 0.2) is 89.8 Å². The molecule has 1 aliphatic heterocycles. The molecule has 154 valence electrons. The molecule has 4 rings (SSSR count). The quantitative estimate of drug-likeness (QED) is 0.578. The molecule has 1 N–H and O–H groups in total. The smallest absolute Gasteiger partial charge is 0.242 e. The van der Waals surface area contributed by atoms with Gasteiger partial charge in [-0.3, -0.25) is 4.79 Å². The summed E-state index contributed by atoms with van der Waals surface area (Å²) in [6.45, 7) is 3.98. The molecule has 1 heterocycles. The van der Waals surface area contributed by atoms with Gasteiger partial charge in [-0.1, -0.05) is 60.7 Å². The van der Waals surface area contributed by atoms with Crippen LogP contribution >= 0.6 is 11.8 Å². The molecule has 0 saturated carbocycles. The number of carbonyl (C=O) groups excluding carboxylic acids is 1. The number of hydrogen-bond donors (Lipinski definition) is 1. The minimum absolute atomic E-state index is 0.00312. The highest BCUT2D eigenvalue weighted by molar-refractivity contribution is 8.00. The van der Waals surface area contributed by atoms with Gasteiger partial charge in [-0.2, -0.15) is 0 Å². The fourth-order valence-electron chi connectivity index (χ4n) is 3.64. The normalized spacial score (nSPS) is 15.6. The van der Waals surface area contributed by atoms with Crippen molar-refractivity contribution >= 4 is 29.0 Å². The van der Waals surface area contributed by atoms with Crippen LogP contribution in [-0.2, 0) is 4.79 Å². The Morgan fingerprint density at radius 2 is 1.43 bits per heavy atom. The van der Waals surface area contributed by atoms with Crippen LogP contribution < -0.4 is 10.2 Å². The first-order valence-corrected chi connectivity index (χ1v) is 11.2. The minimum atomic E-state index is -0.325. The summed E-state index contributed by atoms with van der Waals surface area (Å²) in [5.74, 6) is -0.00312. The zero-order valence-corrected chi connectivity index (χ0v) is 18.0. The summed E-state index contributed by atoms with van der Waals surface area (Å²) >= 11 is 1.58. The number of benzene rings is 3. The molecule has 1 amide bonds. The van der Waals surface area contributed by atoms with Crippen LogP contribution in [0.1, 0.15) is 10.8 Å². The van der Waals surface area contributed by atoms with Crippen molar-refractivity contribution in [2.75, 3.05) is 43.4 Å². The zero-order chi connectivity index (χ0) is 20.8. The SMILES string of the molecule is CN1CCN(c2ccccc2NC(=O)[C@H](Sc2ccccc2)c2ccccc2)CC1. The number of likely N-dealkylation sites (N-methyl/N-ethyl adjacent to an activating group) is 1. The number of hydrogen-bond acceptors (Lipinski definition) is 4. The van der Waals surface area contributed by atoms with E-state index >= 15 is 0 Å². The number of carbonyl (C=O) groups is 1. The van der Waals surface area contributed by atoms with Gasteiger partial charge in [0.25, 0.3) is 0 Å². The van der Waals surface area contributed by atoms with Crippen molar-refractivity contribution in [1.82, 2.24) is 4.90 Å². The van der Waals surface area contributed by atoms with Crippen molar-refractivity contribution in [2.45, 2.75) is 10.1 Å². The summed E-state index contributed by atoms with van der Waals surface area (Å²) in [6.07, 6.45) is 0. The zero-order valence-electron chi connectivity index (χ0n) is 17.2. The number of piperazine rings is 1. The molecular weight excluding hydrogens is 390 g/mol. The predicted octanol–water partition coefficient (Wildman–Crippen LogP) is 4.91. The standard InChI is InChI=1S/C25H27N3OS/c1-27-16-18-28(19-17-27)23-15-9-8-14-22(23)26-25(29)24(20-10-4-2-5-11-20)30-21-12-6-3-7-13-21/h2-15,24H,16-19H2,1H3,(H,26,29)/t24-/m1/s1. The van der Waals surface area contributed by atoms with Crippen LogP contribution in [-0.4, -0.2) is 44.0 Å². The Balaban J connectivity index is 1.57. The second kappa shape index (κ2) is 9.83.